The van der Waals surface area contributed by atoms with Gasteiger partial charge in [0.2, 0.25) is 0 Å². The molecule has 0 N–H and O–H groups in total. The first kappa shape index (κ1) is 15.0. The van der Waals surface area contributed by atoms with Crippen LogP contribution in [0.3, 0.4) is 0 Å². The number of hydrogen-bond donors (Lipinski definition) is 0. The molecule has 0 unspecified atom stereocenters. The van der Waals surface area contributed by atoms with Crippen LogP contribution in [0.2, 0.25) is 0 Å². The Labute approximate surface area is 127 Å². The quantitative estimate of drug-likeness (QED) is 0.583. The average molecular weight is 340 g/mol. The van der Waals surface area contributed by atoms with Gasteiger partial charge >= 0.3 is 5.97 Å². The highest BCUT2D eigenvalue weighted by Gasteiger charge is 2.29. The standard InChI is InChI=1S/C15H18BrNO3/c1-3-20-15(18)9-13(10-4-5-10)17-11-6-7-12(16)14(8-11)19-2/h6-8,10H,3-5,9H2,1-2H3/b17-13+. The van der Waals surface area contributed by atoms with Crippen LogP contribution in [0.15, 0.2) is 27.7 Å². The number of esters is 1. The largest absolute Gasteiger partial charge is 0.495 e. The fourth-order valence-corrected chi connectivity index (χ4v) is 2.34. The number of rotatable bonds is 6. The Morgan fingerprint density at radius 2 is 2.20 bits per heavy atom. The molecule has 2 rings (SSSR count). The minimum Gasteiger partial charge on any atom is -0.495 e. The molecule has 5 heteroatoms. The zero-order valence-electron chi connectivity index (χ0n) is 11.7. The van der Waals surface area contributed by atoms with Gasteiger partial charge in [-0.25, -0.2) is 0 Å². The Hall–Kier alpha value is -1.36. The molecule has 0 bridgehead atoms. The van der Waals surface area contributed by atoms with Crippen molar-refractivity contribution in [3.63, 3.8) is 0 Å². The summed E-state index contributed by atoms with van der Waals surface area (Å²) >= 11 is 3.41. The molecule has 0 radical (unpaired) electrons. The molecule has 0 aromatic heterocycles. The van der Waals surface area contributed by atoms with Gasteiger partial charge in [-0.1, -0.05) is 0 Å². The van der Waals surface area contributed by atoms with Crippen molar-refractivity contribution < 1.29 is 14.3 Å². The molecular weight excluding hydrogens is 322 g/mol. The smallest absolute Gasteiger partial charge is 0.311 e. The maximum Gasteiger partial charge on any atom is 0.311 e. The lowest BCUT2D eigenvalue weighted by atomic mass is 10.1. The van der Waals surface area contributed by atoms with Crippen LogP contribution in [-0.2, 0) is 9.53 Å². The van der Waals surface area contributed by atoms with Gasteiger partial charge in [0.15, 0.2) is 0 Å². The number of methoxy groups -OCH3 is 1. The number of benzene rings is 1. The molecule has 1 aromatic rings. The van der Waals surface area contributed by atoms with E-state index in [0.29, 0.717) is 12.5 Å². The van der Waals surface area contributed by atoms with E-state index in [4.69, 9.17) is 9.47 Å². The van der Waals surface area contributed by atoms with Gasteiger partial charge in [0.25, 0.3) is 0 Å². The minimum atomic E-state index is -0.206. The third kappa shape index (κ3) is 4.07. The number of carbonyl (C=O) groups is 1. The summed E-state index contributed by atoms with van der Waals surface area (Å²) in [7, 11) is 1.62. The second-order valence-electron chi connectivity index (χ2n) is 4.68. The molecule has 20 heavy (non-hydrogen) atoms. The lowest BCUT2D eigenvalue weighted by Crippen LogP contribution is -2.12. The highest BCUT2D eigenvalue weighted by molar-refractivity contribution is 9.10. The Morgan fingerprint density at radius 1 is 1.45 bits per heavy atom. The lowest BCUT2D eigenvalue weighted by Gasteiger charge is -2.07. The zero-order chi connectivity index (χ0) is 14.5. The fourth-order valence-electron chi connectivity index (χ4n) is 1.94. The number of aliphatic imine (C=N–C) groups is 1. The highest BCUT2D eigenvalue weighted by atomic mass is 79.9. The summed E-state index contributed by atoms with van der Waals surface area (Å²) in [4.78, 5) is 16.2. The van der Waals surface area contributed by atoms with Crippen LogP contribution < -0.4 is 4.74 Å². The van der Waals surface area contributed by atoms with Crippen LogP contribution >= 0.6 is 15.9 Å². The molecule has 0 heterocycles. The second-order valence-corrected chi connectivity index (χ2v) is 5.53. The average Bonchev–Trinajstić information content (AvgIpc) is 3.24. The third-order valence-electron chi connectivity index (χ3n) is 3.09. The SMILES string of the molecule is CCOC(=O)C/C(=N\c1ccc(Br)c(OC)c1)C1CC1. The van der Waals surface area contributed by atoms with Gasteiger partial charge in [0.1, 0.15) is 5.75 Å². The molecule has 0 atom stereocenters. The van der Waals surface area contributed by atoms with E-state index >= 15 is 0 Å². The zero-order valence-corrected chi connectivity index (χ0v) is 13.3. The molecule has 1 saturated carbocycles. The summed E-state index contributed by atoms with van der Waals surface area (Å²) in [6, 6.07) is 5.66. The number of carbonyl (C=O) groups excluding carboxylic acids is 1. The third-order valence-corrected chi connectivity index (χ3v) is 3.74. The van der Waals surface area contributed by atoms with E-state index in [1.54, 1.807) is 7.11 Å². The Balaban J connectivity index is 2.18. The monoisotopic (exact) mass is 339 g/mol. The van der Waals surface area contributed by atoms with E-state index in [2.05, 4.69) is 20.9 Å². The van der Waals surface area contributed by atoms with E-state index < -0.39 is 0 Å². The van der Waals surface area contributed by atoms with Crippen LogP contribution in [0.4, 0.5) is 5.69 Å². The van der Waals surface area contributed by atoms with Crippen molar-refractivity contribution >= 4 is 33.3 Å². The van der Waals surface area contributed by atoms with Gasteiger partial charge in [-0.3, -0.25) is 9.79 Å². The van der Waals surface area contributed by atoms with Crippen LogP contribution in [0.5, 0.6) is 5.75 Å². The van der Waals surface area contributed by atoms with Crippen molar-refractivity contribution in [1.82, 2.24) is 0 Å². The van der Waals surface area contributed by atoms with Crippen LogP contribution in [0.1, 0.15) is 26.2 Å². The molecule has 1 aromatic carbocycles. The maximum absolute atomic E-state index is 11.6. The van der Waals surface area contributed by atoms with E-state index in [1.165, 1.54) is 0 Å². The summed E-state index contributed by atoms with van der Waals surface area (Å²) in [5, 5.41) is 0. The minimum absolute atomic E-state index is 0.206. The summed E-state index contributed by atoms with van der Waals surface area (Å²) in [5.41, 5.74) is 1.71. The summed E-state index contributed by atoms with van der Waals surface area (Å²) in [5.74, 6) is 0.953. The molecule has 0 saturated heterocycles. The number of nitrogens with zero attached hydrogens (tertiary/aromatic N) is 1. The van der Waals surface area contributed by atoms with Crippen molar-refractivity contribution in [2.24, 2.45) is 10.9 Å². The molecule has 0 amide bonds. The topological polar surface area (TPSA) is 47.9 Å². The first-order chi connectivity index (χ1) is 9.63. The van der Waals surface area contributed by atoms with E-state index in [1.807, 2.05) is 25.1 Å². The number of hydrogen-bond acceptors (Lipinski definition) is 4. The van der Waals surface area contributed by atoms with Crippen LogP contribution in [0, 0.1) is 5.92 Å². The molecule has 0 aliphatic heterocycles. The summed E-state index contributed by atoms with van der Waals surface area (Å²) < 4.78 is 11.1. The molecule has 1 aliphatic carbocycles. The Kier molecular flexibility index (Phi) is 5.17. The first-order valence-electron chi connectivity index (χ1n) is 6.70. The summed E-state index contributed by atoms with van der Waals surface area (Å²) in [6.07, 6.45) is 2.48. The molecule has 0 spiro atoms. The first-order valence-corrected chi connectivity index (χ1v) is 7.50. The predicted molar refractivity (Wildman–Crippen MR) is 81.8 cm³/mol. The lowest BCUT2D eigenvalue weighted by molar-refractivity contribution is -0.141. The van der Waals surface area contributed by atoms with Gasteiger partial charge in [-0.05, 0) is 53.7 Å². The van der Waals surface area contributed by atoms with E-state index in [9.17, 15) is 4.79 Å². The molecule has 108 valence electrons. The van der Waals surface area contributed by atoms with Crippen molar-refractivity contribution in [1.29, 1.82) is 0 Å². The fraction of sp³-hybridized carbons (Fsp3) is 0.467. The molecule has 4 nitrogen and oxygen atoms in total. The predicted octanol–water partition coefficient (Wildman–Crippen LogP) is 3.89. The van der Waals surface area contributed by atoms with Crippen LogP contribution in [-0.4, -0.2) is 25.4 Å². The number of halogens is 1. The van der Waals surface area contributed by atoms with Gasteiger partial charge in [-0.2, -0.15) is 0 Å². The van der Waals surface area contributed by atoms with Gasteiger partial charge in [0.05, 0.1) is 30.3 Å². The van der Waals surface area contributed by atoms with Gasteiger partial charge < -0.3 is 9.47 Å². The van der Waals surface area contributed by atoms with E-state index in [-0.39, 0.29) is 12.4 Å². The van der Waals surface area contributed by atoms with Crippen LogP contribution in [0.25, 0.3) is 0 Å². The van der Waals surface area contributed by atoms with E-state index in [0.717, 1.165) is 34.5 Å². The Morgan fingerprint density at radius 3 is 2.80 bits per heavy atom. The van der Waals surface area contributed by atoms with Gasteiger partial charge in [0, 0.05) is 11.8 Å². The molecule has 1 fully saturated rings. The summed E-state index contributed by atoms with van der Waals surface area (Å²) in [6.45, 7) is 2.22. The normalized spacial score (nSPS) is 15.1. The van der Waals surface area contributed by atoms with Crippen molar-refractivity contribution in [3.05, 3.63) is 22.7 Å². The maximum atomic E-state index is 11.6. The second kappa shape index (κ2) is 6.88. The Bertz CT molecular complexity index is 524. The van der Waals surface area contributed by atoms with Crippen molar-refractivity contribution in [2.45, 2.75) is 26.2 Å². The van der Waals surface area contributed by atoms with Crippen molar-refractivity contribution in [2.75, 3.05) is 13.7 Å². The van der Waals surface area contributed by atoms with Crippen molar-refractivity contribution in [3.8, 4) is 5.75 Å². The van der Waals surface area contributed by atoms with Gasteiger partial charge in [-0.15, -0.1) is 0 Å². The molecule has 1 aliphatic rings. The number of ether oxygens (including phenoxy) is 2. The highest BCUT2D eigenvalue weighted by Crippen LogP contribution is 2.35. The molecular formula is C15H18BrNO3.